The Morgan fingerprint density at radius 1 is 1.40 bits per heavy atom. The molecule has 0 saturated carbocycles. The van der Waals surface area contributed by atoms with Crippen molar-refractivity contribution in [3.63, 3.8) is 0 Å². The van der Waals surface area contributed by atoms with Crippen LogP contribution < -0.4 is 16.8 Å². The van der Waals surface area contributed by atoms with Crippen molar-refractivity contribution < 1.29 is 4.74 Å². The van der Waals surface area contributed by atoms with Gasteiger partial charge in [0.25, 0.3) is 0 Å². The number of ether oxygens (including phenoxy) is 1. The monoisotopic (exact) mass is 207 g/mol. The third-order valence-corrected chi connectivity index (χ3v) is 2.72. The number of benzene rings is 1. The first-order chi connectivity index (χ1) is 7.22. The van der Waals surface area contributed by atoms with Crippen LogP contribution in [-0.4, -0.2) is 19.3 Å². The molecule has 1 aliphatic heterocycles. The highest BCUT2D eigenvalue weighted by Crippen LogP contribution is 2.33. The summed E-state index contributed by atoms with van der Waals surface area (Å²) in [5.74, 6) is 0. The smallest absolute Gasteiger partial charge is 0.0789 e. The molecule has 4 nitrogen and oxygen atoms in total. The minimum Gasteiger partial charge on any atom is -0.398 e. The summed E-state index contributed by atoms with van der Waals surface area (Å²) in [5, 5.41) is 3.28. The van der Waals surface area contributed by atoms with Gasteiger partial charge in [0.2, 0.25) is 0 Å². The Kier molecular flexibility index (Phi) is 2.68. The lowest BCUT2D eigenvalue weighted by Crippen LogP contribution is -2.31. The van der Waals surface area contributed by atoms with E-state index >= 15 is 0 Å². The van der Waals surface area contributed by atoms with Crippen LogP contribution in [0.15, 0.2) is 12.1 Å². The van der Waals surface area contributed by atoms with Gasteiger partial charge < -0.3 is 21.5 Å². The Morgan fingerprint density at radius 2 is 2.13 bits per heavy atom. The van der Waals surface area contributed by atoms with E-state index in [1.54, 1.807) is 0 Å². The zero-order valence-electron chi connectivity index (χ0n) is 8.92. The Hall–Kier alpha value is -1.42. The second-order valence-corrected chi connectivity index (χ2v) is 3.76. The molecule has 0 amide bonds. The van der Waals surface area contributed by atoms with Crippen molar-refractivity contribution >= 4 is 17.1 Å². The number of rotatable bonds is 2. The Bertz CT molecular complexity index is 365. The third kappa shape index (κ3) is 1.85. The molecule has 4 heteroatoms. The maximum Gasteiger partial charge on any atom is 0.0789 e. The molecule has 82 valence electrons. The standard InChI is InChI=1S/C11H17N3O/c1-2-15-7-5-8-9(12)3-4-10(13)11(8)14-6-7/h3-4,7,14H,2,5-6,12-13H2,1H3. The summed E-state index contributed by atoms with van der Waals surface area (Å²) in [5.41, 5.74) is 15.4. The molecule has 0 radical (unpaired) electrons. The third-order valence-electron chi connectivity index (χ3n) is 2.72. The molecule has 0 fully saturated rings. The second kappa shape index (κ2) is 3.98. The predicted molar refractivity (Wildman–Crippen MR) is 62.9 cm³/mol. The van der Waals surface area contributed by atoms with Crippen molar-refractivity contribution in [2.45, 2.75) is 19.4 Å². The van der Waals surface area contributed by atoms with E-state index in [9.17, 15) is 0 Å². The van der Waals surface area contributed by atoms with Gasteiger partial charge >= 0.3 is 0 Å². The Morgan fingerprint density at radius 3 is 2.87 bits per heavy atom. The normalized spacial score (nSPS) is 19.4. The van der Waals surface area contributed by atoms with Crippen molar-refractivity contribution in [1.82, 2.24) is 0 Å². The molecule has 1 aromatic carbocycles. The highest BCUT2D eigenvalue weighted by molar-refractivity contribution is 5.77. The van der Waals surface area contributed by atoms with Crippen LogP contribution in [0.5, 0.6) is 0 Å². The van der Waals surface area contributed by atoms with Crippen molar-refractivity contribution in [3.05, 3.63) is 17.7 Å². The molecule has 0 aliphatic carbocycles. The zero-order chi connectivity index (χ0) is 10.8. The van der Waals surface area contributed by atoms with E-state index in [4.69, 9.17) is 16.2 Å². The van der Waals surface area contributed by atoms with Crippen LogP contribution in [0.3, 0.4) is 0 Å². The molecule has 0 spiro atoms. The fraction of sp³-hybridized carbons (Fsp3) is 0.455. The Balaban J connectivity index is 2.28. The number of nitrogen functional groups attached to an aromatic ring is 2. The number of nitrogens with two attached hydrogens (primary N) is 2. The fourth-order valence-corrected chi connectivity index (χ4v) is 1.98. The van der Waals surface area contributed by atoms with Crippen LogP contribution in [-0.2, 0) is 11.2 Å². The van der Waals surface area contributed by atoms with E-state index in [0.717, 1.165) is 42.2 Å². The molecular weight excluding hydrogens is 190 g/mol. The van der Waals surface area contributed by atoms with Gasteiger partial charge in [0.15, 0.2) is 0 Å². The molecule has 1 aliphatic rings. The molecule has 15 heavy (non-hydrogen) atoms. The molecule has 1 heterocycles. The average Bonchev–Trinajstić information content (AvgIpc) is 2.24. The minimum absolute atomic E-state index is 0.201. The highest BCUT2D eigenvalue weighted by atomic mass is 16.5. The van der Waals surface area contributed by atoms with Crippen LogP contribution in [0.25, 0.3) is 0 Å². The summed E-state index contributed by atoms with van der Waals surface area (Å²) in [6.07, 6.45) is 1.04. The fourth-order valence-electron chi connectivity index (χ4n) is 1.98. The van der Waals surface area contributed by atoms with Gasteiger partial charge in [-0.3, -0.25) is 0 Å². The van der Waals surface area contributed by atoms with Gasteiger partial charge in [-0.15, -0.1) is 0 Å². The number of hydrogen-bond donors (Lipinski definition) is 3. The maximum atomic E-state index is 5.92. The molecule has 0 saturated heterocycles. The first-order valence-corrected chi connectivity index (χ1v) is 5.24. The van der Waals surface area contributed by atoms with E-state index < -0.39 is 0 Å². The van der Waals surface area contributed by atoms with Crippen LogP contribution in [0.1, 0.15) is 12.5 Å². The molecule has 0 bridgehead atoms. The average molecular weight is 207 g/mol. The molecular formula is C11H17N3O. The van der Waals surface area contributed by atoms with Gasteiger partial charge in [-0.05, 0) is 19.1 Å². The van der Waals surface area contributed by atoms with Crippen molar-refractivity contribution in [3.8, 4) is 0 Å². The van der Waals surface area contributed by atoms with E-state index in [-0.39, 0.29) is 6.10 Å². The molecule has 1 aromatic rings. The minimum atomic E-state index is 0.201. The summed E-state index contributed by atoms with van der Waals surface area (Å²) in [6, 6.07) is 3.69. The second-order valence-electron chi connectivity index (χ2n) is 3.76. The number of nitrogens with one attached hydrogen (secondary N) is 1. The van der Waals surface area contributed by atoms with Gasteiger partial charge in [-0.1, -0.05) is 0 Å². The quantitative estimate of drug-likeness (QED) is 0.638. The van der Waals surface area contributed by atoms with Crippen LogP contribution >= 0.6 is 0 Å². The number of anilines is 3. The number of hydrogen-bond acceptors (Lipinski definition) is 4. The van der Waals surface area contributed by atoms with Crippen molar-refractivity contribution in [1.29, 1.82) is 0 Å². The Labute approximate surface area is 89.6 Å². The summed E-state index contributed by atoms with van der Waals surface area (Å²) in [6.45, 7) is 3.52. The summed E-state index contributed by atoms with van der Waals surface area (Å²) < 4.78 is 5.58. The van der Waals surface area contributed by atoms with Crippen molar-refractivity contribution in [2.75, 3.05) is 29.9 Å². The lowest BCUT2D eigenvalue weighted by atomic mass is 9.98. The zero-order valence-corrected chi connectivity index (χ0v) is 8.92. The van der Waals surface area contributed by atoms with E-state index in [1.165, 1.54) is 0 Å². The van der Waals surface area contributed by atoms with E-state index in [2.05, 4.69) is 5.32 Å². The van der Waals surface area contributed by atoms with Gasteiger partial charge in [0.05, 0.1) is 17.5 Å². The van der Waals surface area contributed by atoms with E-state index in [0.29, 0.717) is 0 Å². The summed E-state index contributed by atoms with van der Waals surface area (Å²) in [7, 11) is 0. The SMILES string of the molecule is CCOC1CNc2c(N)ccc(N)c2C1. The first-order valence-electron chi connectivity index (χ1n) is 5.24. The van der Waals surface area contributed by atoms with Gasteiger partial charge in [-0.25, -0.2) is 0 Å². The maximum absolute atomic E-state index is 5.92. The van der Waals surface area contributed by atoms with Crippen LogP contribution in [0.4, 0.5) is 17.1 Å². The summed E-state index contributed by atoms with van der Waals surface area (Å²) >= 11 is 0. The molecule has 1 atom stereocenters. The van der Waals surface area contributed by atoms with Gasteiger partial charge in [0, 0.05) is 30.8 Å². The van der Waals surface area contributed by atoms with Gasteiger partial charge in [0.1, 0.15) is 0 Å². The molecule has 0 aromatic heterocycles. The largest absolute Gasteiger partial charge is 0.398 e. The molecule has 1 unspecified atom stereocenters. The van der Waals surface area contributed by atoms with Crippen LogP contribution in [0.2, 0.25) is 0 Å². The number of fused-ring (bicyclic) bond motifs is 1. The van der Waals surface area contributed by atoms with E-state index in [1.807, 2.05) is 19.1 Å². The van der Waals surface area contributed by atoms with Gasteiger partial charge in [-0.2, -0.15) is 0 Å². The lowest BCUT2D eigenvalue weighted by Gasteiger charge is -2.28. The highest BCUT2D eigenvalue weighted by Gasteiger charge is 2.21. The molecule has 5 N–H and O–H groups in total. The summed E-state index contributed by atoms with van der Waals surface area (Å²) in [4.78, 5) is 0. The lowest BCUT2D eigenvalue weighted by molar-refractivity contribution is 0.0705. The first kappa shape index (κ1) is 10.1. The predicted octanol–water partition coefficient (Wildman–Crippen LogP) is 1.22. The molecule has 2 rings (SSSR count). The van der Waals surface area contributed by atoms with Crippen molar-refractivity contribution in [2.24, 2.45) is 0 Å². The van der Waals surface area contributed by atoms with Crippen LogP contribution in [0, 0.1) is 0 Å². The topological polar surface area (TPSA) is 73.3 Å².